The van der Waals surface area contributed by atoms with Crippen LogP contribution in [0.3, 0.4) is 0 Å². The Hall–Kier alpha value is -3.86. The summed E-state index contributed by atoms with van der Waals surface area (Å²) in [6, 6.07) is 13.9. The van der Waals surface area contributed by atoms with Crippen LogP contribution in [0.15, 0.2) is 59.1 Å². The minimum atomic E-state index is -4.74. The van der Waals surface area contributed by atoms with E-state index in [-0.39, 0.29) is 11.6 Å². The zero-order valence-electron chi connectivity index (χ0n) is 20.6. The van der Waals surface area contributed by atoms with Crippen LogP contribution in [0.5, 0.6) is 5.75 Å². The highest BCUT2D eigenvalue weighted by Gasteiger charge is 2.31. The molecule has 0 spiro atoms. The van der Waals surface area contributed by atoms with Gasteiger partial charge in [-0.3, -0.25) is 0 Å². The van der Waals surface area contributed by atoms with Crippen molar-refractivity contribution in [2.45, 2.75) is 26.8 Å². The number of rotatable bonds is 7. The molecule has 2 aromatic carbocycles. The Morgan fingerprint density at radius 2 is 1.78 bits per heavy atom. The predicted molar refractivity (Wildman–Crippen MR) is 132 cm³/mol. The maximum absolute atomic E-state index is 12.4. The number of anilines is 1. The summed E-state index contributed by atoms with van der Waals surface area (Å²) < 4.78 is 48.7. The summed E-state index contributed by atoms with van der Waals surface area (Å²) in [5.41, 5.74) is 2.88. The van der Waals surface area contributed by atoms with Crippen molar-refractivity contribution < 1.29 is 22.3 Å². The quantitative estimate of drug-likeness (QED) is 0.345. The fraction of sp³-hybridized carbons (Fsp3) is 0.346. The number of aromatic nitrogens is 4. The van der Waals surface area contributed by atoms with Gasteiger partial charge in [-0.1, -0.05) is 19.1 Å². The van der Waals surface area contributed by atoms with E-state index in [0.29, 0.717) is 29.5 Å². The van der Waals surface area contributed by atoms with Crippen LogP contribution in [0.1, 0.15) is 18.3 Å². The highest BCUT2D eigenvalue weighted by atomic mass is 19.4. The van der Waals surface area contributed by atoms with Crippen LogP contribution < -0.4 is 9.64 Å². The lowest BCUT2D eigenvalue weighted by Gasteiger charge is -2.35. The number of hydrogen-bond donors (Lipinski definition) is 0. The molecule has 0 aliphatic carbocycles. The molecular formula is C26H27F3N6O2. The number of piperazine rings is 1. The summed E-state index contributed by atoms with van der Waals surface area (Å²) in [5, 5.41) is 4.58. The van der Waals surface area contributed by atoms with Crippen molar-refractivity contribution in [3.63, 3.8) is 0 Å². The summed E-state index contributed by atoms with van der Waals surface area (Å²) in [5.74, 6) is 1.37. The van der Waals surface area contributed by atoms with Gasteiger partial charge in [0, 0.05) is 37.4 Å². The summed E-state index contributed by atoms with van der Waals surface area (Å²) in [7, 11) is 0. The Kier molecular flexibility index (Phi) is 6.88. The molecule has 1 saturated heterocycles. The Morgan fingerprint density at radius 3 is 2.49 bits per heavy atom. The molecule has 0 radical (unpaired) electrons. The Morgan fingerprint density at radius 1 is 1.03 bits per heavy atom. The van der Waals surface area contributed by atoms with Gasteiger partial charge in [0.15, 0.2) is 5.76 Å². The van der Waals surface area contributed by atoms with E-state index in [1.807, 2.05) is 6.92 Å². The van der Waals surface area contributed by atoms with E-state index >= 15 is 0 Å². The van der Waals surface area contributed by atoms with Crippen molar-refractivity contribution in [1.82, 2.24) is 24.6 Å². The van der Waals surface area contributed by atoms with Crippen molar-refractivity contribution in [1.29, 1.82) is 0 Å². The number of ether oxygens (including phenoxy) is 1. The molecule has 11 heteroatoms. The van der Waals surface area contributed by atoms with E-state index in [4.69, 9.17) is 4.42 Å². The lowest BCUT2D eigenvalue weighted by Crippen LogP contribution is -2.46. The van der Waals surface area contributed by atoms with Crippen LogP contribution in [0, 0.1) is 6.92 Å². The Balaban J connectivity index is 1.28. The van der Waals surface area contributed by atoms with Crippen molar-refractivity contribution in [3.05, 3.63) is 66.1 Å². The number of benzene rings is 2. The number of oxazole rings is 1. The van der Waals surface area contributed by atoms with Gasteiger partial charge >= 0.3 is 6.36 Å². The normalized spacial score (nSPS) is 14.8. The van der Waals surface area contributed by atoms with Gasteiger partial charge < -0.3 is 19.0 Å². The van der Waals surface area contributed by atoms with Crippen molar-refractivity contribution in [2.24, 2.45) is 0 Å². The molecule has 4 aromatic rings. The van der Waals surface area contributed by atoms with E-state index in [2.05, 4.69) is 60.8 Å². The molecule has 0 unspecified atom stereocenters. The van der Waals surface area contributed by atoms with E-state index in [0.717, 1.165) is 38.3 Å². The second-order valence-corrected chi connectivity index (χ2v) is 8.83. The maximum Gasteiger partial charge on any atom is 0.573 e. The largest absolute Gasteiger partial charge is 0.573 e. The molecule has 194 valence electrons. The first-order valence-electron chi connectivity index (χ1n) is 12.1. The number of likely N-dealkylation sites (N-methyl/N-ethyl adjacent to an activating group) is 1. The molecule has 3 heterocycles. The molecule has 5 rings (SSSR count). The molecule has 8 nitrogen and oxygen atoms in total. The van der Waals surface area contributed by atoms with Crippen LogP contribution in [0.4, 0.5) is 18.9 Å². The molecule has 0 N–H and O–H groups in total. The molecule has 0 amide bonds. The summed E-state index contributed by atoms with van der Waals surface area (Å²) in [6.07, 6.45) is -3.25. The lowest BCUT2D eigenvalue weighted by atomic mass is 10.1. The number of halogens is 3. The Labute approximate surface area is 212 Å². The van der Waals surface area contributed by atoms with Crippen LogP contribution in [-0.4, -0.2) is 63.7 Å². The van der Waals surface area contributed by atoms with Gasteiger partial charge in [-0.15, -0.1) is 18.3 Å². The fourth-order valence-corrected chi connectivity index (χ4v) is 4.34. The van der Waals surface area contributed by atoms with Gasteiger partial charge in [0.25, 0.3) is 5.89 Å². The number of aryl methyl sites for hydroxylation is 1. The topological polar surface area (TPSA) is 72.5 Å². The standard InChI is InChI=1S/C26H27F3N6O2/c1-3-33-11-13-34(14-12-33)21-6-4-5-19(15-21)17-35-18(2)31-24(32-35)25-30-16-23(36-25)20-7-9-22(10-8-20)37-26(27,28)29/h4-10,15-16H,3,11-14,17H2,1-2H3. The van der Waals surface area contributed by atoms with Gasteiger partial charge in [-0.2, -0.15) is 0 Å². The first-order valence-corrected chi connectivity index (χ1v) is 12.1. The predicted octanol–water partition coefficient (Wildman–Crippen LogP) is 5.00. The minimum Gasteiger partial charge on any atom is -0.434 e. The van der Waals surface area contributed by atoms with E-state index in [1.165, 1.54) is 36.1 Å². The van der Waals surface area contributed by atoms with Gasteiger partial charge in [0.05, 0.1) is 12.7 Å². The zero-order valence-corrected chi connectivity index (χ0v) is 20.6. The van der Waals surface area contributed by atoms with Crippen molar-refractivity contribution >= 4 is 5.69 Å². The molecule has 2 aromatic heterocycles. The third kappa shape index (κ3) is 5.93. The first kappa shape index (κ1) is 24.8. The molecule has 1 aliphatic heterocycles. The molecule has 0 saturated carbocycles. The second kappa shape index (κ2) is 10.3. The van der Waals surface area contributed by atoms with E-state index < -0.39 is 6.36 Å². The Bertz CT molecular complexity index is 1340. The fourth-order valence-electron chi connectivity index (χ4n) is 4.34. The summed E-state index contributed by atoms with van der Waals surface area (Å²) >= 11 is 0. The third-order valence-corrected chi connectivity index (χ3v) is 6.35. The molecular weight excluding hydrogens is 485 g/mol. The summed E-state index contributed by atoms with van der Waals surface area (Å²) in [4.78, 5) is 13.6. The van der Waals surface area contributed by atoms with Crippen LogP contribution in [0.2, 0.25) is 0 Å². The zero-order chi connectivity index (χ0) is 26.0. The second-order valence-electron chi connectivity index (χ2n) is 8.83. The highest BCUT2D eigenvalue weighted by Crippen LogP contribution is 2.29. The monoisotopic (exact) mass is 512 g/mol. The SMILES string of the molecule is CCN1CCN(c2cccc(Cn3nc(-c4ncc(-c5ccc(OC(F)(F)F)cc5)o4)nc3C)c2)CC1. The van der Waals surface area contributed by atoms with Gasteiger partial charge in [0.1, 0.15) is 11.6 Å². The molecule has 1 aliphatic rings. The number of nitrogens with zero attached hydrogens (tertiary/aromatic N) is 6. The highest BCUT2D eigenvalue weighted by molar-refractivity contribution is 5.59. The van der Waals surface area contributed by atoms with Crippen molar-refractivity contribution in [2.75, 3.05) is 37.6 Å². The molecule has 37 heavy (non-hydrogen) atoms. The molecule has 1 fully saturated rings. The van der Waals surface area contributed by atoms with Gasteiger partial charge in [0.2, 0.25) is 5.82 Å². The minimum absolute atomic E-state index is 0.231. The number of hydrogen-bond acceptors (Lipinski definition) is 7. The number of alkyl halides is 3. The first-order chi connectivity index (χ1) is 17.8. The van der Waals surface area contributed by atoms with Crippen LogP contribution in [-0.2, 0) is 6.54 Å². The third-order valence-electron chi connectivity index (χ3n) is 6.35. The van der Waals surface area contributed by atoms with E-state index in [1.54, 1.807) is 4.68 Å². The van der Waals surface area contributed by atoms with E-state index in [9.17, 15) is 13.2 Å². The molecule has 0 bridgehead atoms. The van der Waals surface area contributed by atoms with Crippen LogP contribution in [0.25, 0.3) is 23.0 Å². The lowest BCUT2D eigenvalue weighted by molar-refractivity contribution is -0.274. The van der Waals surface area contributed by atoms with Crippen LogP contribution >= 0.6 is 0 Å². The maximum atomic E-state index is 12.4. The van der Waals surface area contributed by atoms with Gasteiger partial charge in [-0.25, -0.2) is 14.6 Å². The summed E-state index contributed by atoms with van der Waals surface area (Å²) in [6.45, 7) is 9.84. The molecule has 0 atom stereocenters. The average Bonchev–Trinajstić information content (AvgIpc) is 3.51. The smallest absolute Gasteiger partial charge is 0.434 e. The van der Waals surface area contributed by atoms with Gasteiger partial charge in [-0.05, 0) is 55.4 Å². The average molecular weight is 513 g/mol. The van der Waals surface area contributed by atoms with Crippen molar-refractivity contribution in [3.8, 4) is 28.8 Å².